The number of methoxy groups -OCH3 is 1. The fourth-order valence-electron chi connectivity index (χ4n) is 1.76. The van der Waals surface area contributed by atoms with Crippen LogP contribution in [0.4, 0.5) is 0 Å². The van der Waals surface area contributed by atoms with E-state index in [0.717, 1.165) is 5.56 Å². The number of nitrogens with two attached hydrogens (primary N) is 1. The van der Waals surface area contributed by atoms with Crippen molar-refractivity contribution in [2.24, 2.45) is 5.73 Å². The zero-order valence-electron chi connectivity index (χ0n) is 11.4. The summed E-state index contributed by atoms with van der Waals surface area (Å²) in [6.07, 6.45) is 0.263. The molecule has 1 aromatic carbocycles. The molecule has 1 aromatic rings. The van der Waals surface area contributed by atoms with Gasteiger partial charge in [-0.1, -0.05) is 30.3 Å². The highest BCUT2D eigenvalue weighted by atomic mass is 16.5. The fraction of sp³-hybridized carbons (Fsp3) is 0.429. The molecular weight excluding hydrogens is 260 g/mol. The molecule has 0 aliphatic carbocycles. The Labute approximate surface area is 117 Å². The number of carbonyl (C=O) groups excluding carboxylic acids is 1. The Balaban J connectivity index is 2.51. The van der Waals surface area contributed by atoms with Crippen molar-refractivity contribution in [2.45, 2.75) is 24.9 Å². The van der Waals surface area contributed by atoms with E-state index >= 15 is 0 Å². The van der Waals surface area contributed by atoms with Crippen molar-refractivity contribution in [1.29, 1.82) is 0 Å². The zero-order chi connectivity index (χ0) is 15.0. The van der Waals surface area contributed by atoms with Gasteiger partial charge in [-0.05, 0) is 5.56 Å². The van der Waals surface area contributed by atoms with Crippen LogP contribution in [-0.2, 0) is 14.3 Å². The average Bonchev–Trinajstić information content (AvgIpc) is 2.44. The highest BCUT2D eigenvalue weighted by Gasteiger charge is 2.21. The van der Waals surface area contributed by atoms with Crippen LogP contribution in [0.1, 0.15) is 24.4 Å². The average molecular weight is 280 g/mol. The van der Waals surface area contributed by atoms with E-state index in [1.54, 1.807) is 0 Å². The van der Waals surface area contributed by atoms with Crippen molar-refractivity contribution >= 4 is 11.9 Å². The first-order chi connectivity index (χ1) is 9.54. The second-order valence-corrected chi connectivity index (χ2v) is 4.46. The number of carboxylic acids is 1. The summed E-state index contributed by atoms with van der Waals surface area (Å²) in [4.78, 5) is 22.8. The number of hydrogen-bond donors (Lipinski definition) is 3. The molecule has 0 aromatic heterocycles. The molecule has 0 aliphatic rings. The van der Waals surface area contributed by atoms with E-state index in [9.17, 15) is 9.59 Å². The predicted octanol–water partition coefficient (Wildman–Crippen LogP) is 0.682. The van der Waals surface area contributed by atoms with Gasteiger partial charge in [0.05, 0.1) is 0 Å². The van der Waals surface area contributed by atoms with Crippen LogP contribution in [-0.4, -0.2) is 36.7 Å². The predicted molar refractivity (Wildman–Crippen MR) is 74.0 cm³/mol. The molecule has 1 rings (SSSR count). The highest BCUT2D eigenvalue weighted by molar-refractivity contribution is 5.83. The number of aliphatic carboxylic acids is 1. The molecule has 6 nitrogen and oxygen atoms in total. The quantitative estimate of drug-likeness (QED) is 0.650. The van der Waals surface area contributed by atoms with E-state index in [1.165, 1.54) is 7.11 Å². The van der Waals surface area contributed by atoms with E-state index in [0.29, 0.717) is 0 Å². The van der Waals surface area contributed by atoms with Gasteiger partial charge in [0.25, 0.3) is 0 Å². The van der Waals surface area contributed by atoms with Gasteiger partial charge >= 0.3 is 5.97 Å². The van der Waals surface area contributed by atoms with Crippen molar-refractivity contribution in [3.63, 3.8) is 0 Å². The number of carboxylic acid groups (broad SMARTS) is 1. The topological polar surface area (TPSA) is 102 Å². The highest BCUT2D eigenvalue weighted by Crippen LogP contribution is 2.13. The Bertz CT molecular complexity index is 436. The maximum Gasteiger partial charge on any atom is 0.326 e. The number of carbonyl (C=O) groups is 2. The number of rotatable bonds is 8. The Morgan fingerprint density at radius 2 is 2.00 bits per heavy atom. The molecule has 0 radical (unpaired) electrons. The van der Waals surface area contributed by atoms with Crippen LogP contribution in [0.3, 0.4) is 0 Å². The minimum absolute atomic E-state index is 0.0424. The summed E-state index contributed by atoms with van der Waals surface area (Å²) in [5.41, 5.74) is 6.75. The summed E-state index contributed by atoms with van der Waals surface area (Å²) < 4.78 is 4.82. The van der Waals surface area contributed by atoms with E-state index < -0.39 is 18.1 Å². The van der Waals surface area contributed by atoms with Crippen molar-refractivity contribution in [3.8, 4) is 0 Å². The summed E-state index contributed by atoms with van der Waals surface area (Å²) in [6, 6.07) is 7.80. The van der Waals surface area contributed by atoms with Gasteiger partial charge < -0.3 is 20.9 Å². The Morgan fingerprint density at radius 1 is 1.35 bits per heavy atom. The van der Waals surface area contributed by atoms with E-state index in [4.69, 9.17) is 15.6 Å². The summed E-state index contributed by atoms with van der Waals surface area (Å²) in [5, 5.41) is 11.5. The first-order valence-electron chi connectivity index (χ1n) is 6.36. The lowest BCUT2D eigenvalue weighted by atomic mass is 10.0. The summed E-state index contributed by atoms with van der Waals surface area (Å²) >= 11 is 0. The van der Waals surface area contributed by atoms with Gasteiger partial charge in [0.2, 0.25) is 5.91 Å². The van der Waals surface area contributed by atoms with E-state index in [-0.39, 0.29) is 25.4 Å². The molecule has 2 atom stereocenters. The van der Waals surface area contributed by atoms with Crippen LogP contribution in [0, 0.1) is 0 Å². The summed E-state index contributed by atoms with van der Waals surface area (Å²) in [7, 11) is 1.48. The van der Waals surface area contributed by atoms with Crippen molar-refractivity contribution in [1.82, 2.24) is 5.32 Å². The molecule has 0 saturated carbocycles. The second-order valence-electron chi connectivity index (χ2n) is 4.46. The molecular formula is C14H20N2O4. The number of ether oxygens (including phenoxy) is 1. The minimum Gasteiger partial charge on any atom is -0.480 e. The van der Waals surface area contributed by atoms with Crippen molar-refractivity contribution in [2.75, 3.05) is 13.7 Å². The third kappa shape index (κ3) is 5.38. The van der Waals surface area contributed by atoms with Gasteiger partial charge in [-0.25, -0.2) is 4.79 Å². The van der Waals surface area contributed by atoms with Gasteiger partial charge in [0, 0.05) is 32.6 Å². The molecule has 6 heteroatoms. The SMILES string of the molecule is COCCC(NC(=O)CC(N)c1ccccc1)C(=O)O. The van der Waals surface area contributed by atoms with Crippen LogP contribution in [0.2, 0.25) is 0 Å². The Morgan fingerprint density at radius 3 is 2.55 bits per heavy atom. The second kappa shape index (κ2) is 8.29. The number of nitrogens with one attached hydrogen (secondary N) is 1. The number of amides is 1. The molecule has 0 fully saturated rings. The van der Waals surface area contributed by atoms with Crippen LogP contribution in [0.15, 0.2) is 30.3 Å². The molecule has 0 saturated heterocycles. The Hall–Kier alpha value is -1.92. The molecule has 0 bridgehead atoms. The van der Waals surface area contributed by atoms with Crippen LogP contribution in [0.5, 0.6) is 0 Å². The van der Waals surface area contributed by atoms with Gasteiger partial charge in [-0.2, -0.15) is 0 Å². The van der Waals surface area contributed by atoms with Crippen LogP contribution >= 0.6 is 0 Å². The molecule has 110 valence electrons. The molecule has 4 N–H and O–H groups in total. The van der Waals surface area contributed by atoms with Crippen molar-refractivity contribution < 1.29 is 19.4 Å². The molecule has 2 unspecified atom stereocenters. The van der Waals surface area contributed by atoms with Crippen LogP contribution < -0.4 is 11.1 Å². The molecule has 20 heavy (non-hydrogen) atoms. The molecule has 0 spiro atoms. The normalized spacial score (nSPS) is 13.5. The fourth-order valence-corrected chi connectivity index (χ4v) is 1.76. The standard InChI is InChI=1S/C14H20N2O4/c1-20-8-7-12(14(18)19)16-13(17)9-11(15)10-5-3-2-4-6-10/h2-6,11-12H,7-9,15H2,1H3,(H,16,17)(H,18,19). The first-order valence-corrected chi connectivity index (χ1v) is 6.36. The van der Waals surface area contributed by atoms with E-state index in [1.807, 2.05) is 30.3 Å². The van der Waals surface area contributed by atoms with Crippen molar-refractivity contribution in [3.05, 3.63) is 35.9 Å². The maximum atomic E-state index is 11.8. The molecule has 0 aliphatic heterocycles. The third-order valence-electron chi connectivity index (χ3n) is 2.88. The lowest BCUT2D eigenvalue weighted by Gasteiger charge is -2.16. The van der Waals surface area contributed by atoms with Crippen LogP contribution in [0.25, 0.3) is 0 Å². The lowest BCUT2D eigenvalue weighted by molar-refractivity contribution is -0.142. The summed E-state index contributed by atoms with van der Waals surface area (Å²) in [5.74, 6) is -1.46. The molecule has 1 amide bonds. The van der Waals surface area contributed by atoms with Gasteiger partial charge in [0.1, 0.15) is 6.04 Å². The van der Waals surface area contributed by atoms with E-state index in [2.05, 4.69) is 5.32 Å². The zero-order valence-corrected chi connectivity index (χ0v) is 11.4. The van der Waals surface area contributed by atoms with Gasteiger partial charge in [-0.15, -0.1) is 0 Å². The third-order valence-corrected chi connectivity index (χ3v) is 2.88. The van der Waals surface area contributed by atoms with Gasteiger partial charge in [-0.3, -0.25) is 4.79 Å². The summed E-state index contributed by atoms with van der Waals surface area (Å²) in [6.45, 7) is 0.266. The first kappa shape index (κ1) is 16.1. The number of hydrogen-bond acceptors (Lipinski definition) is 4. The molecule has 0 heterocycles. The maximum absolute atomic E-state index is 11.8. The Kier molecular flexibility index (Phi) is 6.69. The minimum atomic E-state index is -1.08. The monoisotopic (exact) mass is 280 g/mol. The lowest BCUT2D eigenvalue weighted by Crippen LogP contribution is -2.42. The number of benzene rings is 1. The largest absolute Gasteiger partial charge is 0.480 e. The smallest absolute Gasteiger partial charge is 0.326 e. The van der Waals surface area contributed by atoms with Gasteiger partial charge in [0.15, 0.2) is 0 Å².